The number of aliphatic hydroxyl groups is 1. The van der Waals surface area contributed by atoms with E-state index in [1.165, 1.54) is 0 Å². The Bertz CT molecular complexity index is 1310. The lowest BCUT2D eigenvalue weighted by Crippen LogP contribution is -2.26. The number of anilines is 2. The number of nitrogens with one attached hydrogen (secondary N) is 1. The van der Waals surface area contributed by atoms with Crippen molar-refractivity contribution in [2.45, 2.75) is 44.8 Å². The summed E-state index contributed by atoms with van der Waals surface area (Å²) in [6.45, 7) is 1.98. The molecular formula is C27H30N4O4. The van der Waals surface area contributed by atoms with E-state index in [1.807, 2.05) is 48.0 Å². The molecule has 4 aromatic rings. The van der Waals surface area contributed by atoms with Crippen LogP contribution in [0.25, 0.3) is 16.6 Å². The highest BCUT2D eigenvalue weighted by Gasteiger charge is 2.22. The maximum absolute atomic E-state index is 9.82. The maximum atomic E-state index is 9.82. The minimum atomic E-state index is -0.212. The molecule has 0 bridgehead atoms. The molecule has 1 saturated carbocycles. The van der Waals surface area contributed by atoms with Crippen LogP contribution in [0.3, 0.4) is 0 Å². The van der Waals surface area contributed by atoms with Gasteiger partial charge in [-0.05, 0) is 56.4 Å². The van der Waals surface area contributed by atoms with E-state index >= 15 is 0 Å². The largest absolute Gasteiger partial charge is 0.497 e. The quantitative estimate of drug-likeness (QED) is 0.383. The van der Waals surface area contributed by atoms with Gasteiger partial charge in [0, 0.05) is 47.4 Å². The lowest BCUT2D eigenvalue weighted by molar-refractivity contribution is 0.0667. The van der Waals surface area contributed by atoms with Crippen LogP contribution in [-0.4, -0.2) is 46.1 Å². The molecule has 0 radical (unpaired) electrons. The van der Waals surface area contributed by atoms with Gasteiger partial charge in [-0.1, -0.05) is 0 Å². The summed E-state index contributed by atoms with van der Waals surface area (Å²) in [4.78, 5) is 4.46. The molecule has 3 heterocycles. The van der Waals surface area contributed by atoms with Crippen molar-refractivity contribution < 1.29 is 19.3 Å². The first-order valence-electron chi connectivity index (χ1n) is 11.8. The number of hydrogen-bond acceptors (Lipinski definition) is 7. The fraction of sp³-hybridized carbons (Fsp3) is 0.333. The molecule has 0 amide bonds. The normalized spacial score (nSPS) is 17.8. The van der Waals surface area contributed by atoms with E-state index in [1.54, 1.807) is 20.4 Å². The van der Waals surface area contributed by atoms with Crippen LogP contribution in [0, 0.1) is 6.92 Å². The second kappa shape index (κ2) is 9.84. The van der Waals surface area contributed by atoms with Crippen LogP contribution >= 0.6 is 0 Å². The summed E-state index contributed by atoms with van der Waals surface area (Å²) in [5.41, 5.74) is 4.72. The van der Waals surface area contributed by atoms with Crippen LogP contribution in [0.15, 0.2) is 54.9 Å². The number of aryl methyl sites for hydroxylation is 1. The van der Waals surface area contributed by atoms with Crippen molar-refractivity contribution in [2.75, 3.05) is 19.5 Å². The number of hydrogen-bond donors (Lipinski definition) is 2. The summed E-state index contributed by atoms with van der Waals surface area (Å²) in [5.74, 6) is 2.88. The van der Waals surface area contributed by atoms with Crippen molar-refractivity contribution in [3.8, 4) is 28.4 Å². The fourth-order valence-corrected chi connectivity index (χ4v) is 4.46. The van der Waals surface area contributed by atoms with E-state index in [0.29, 0.717) is 17.3 Å². The summed E-state index contributed by atoms with van der Waals surface area (Å²) < 4.78 is 18.9. The molecule has 0 atom stereocenters. The number of methoxy groups -OCH3 is 2. The number of aliphatic hydroxyl groups excluding tert-OH is 1. The van der Waals surface area contributed by atoms with E-state index in [0.717, 1.165) is 59.5 Å². The molecule has 1 aliphatic rings. The average molecular weight is 475 g/mol. The van der Waals surface area contributed by atoms with Crippen LogP contribution in [0.2, 0.25) is 0 Å². The van der Waals surface area contributed by atoms with Gasteiger partial charge in [0.1, 0.15) is 17.2 Å². The minimum absolute atomic E-state index is 0.0935. The second-order valence-corrected chi connectivity index (χ2v) is 8.91. The lowest BCUT2D eigenvalue weighted by Gasteiger charge is -2.27. The highest BCUT2D eigenvalue weighted by atomic mass is 16.5. The van der Waals surface area contributed by atoms with Crippen LogP contribution < -0.4 is 19.5 Å². The summed E-state index contributed by atoms with van der Waals surface area (Å²) in [5, 5.41) is 17.8. The van der Waals surface area contributed by atoms with Crippen molar-refractivity contribution in [1.29, 1.82) is 0 Å². The summed E-state index contributed by atoms with van der Waals surface area (Å²) in [6.07, 6.45) is 6.87. The molecule has 3 aromatic heterocycles. The number of rotatable bonds is 7. The van der Waals surface area contributed by atoms with Gasteiger partial charge in [0.25, 0.3) is 0 Å². The zero-order chi connectivity index (χ0) is 24.4. The lowest BCUT2D eigenvalue weighted by atomic mass is 9.95. The van der Waals surface area contributed by atoms with E-state index in [-0.39, 0.29) is 12.2 Å². The van der Waals surface area contributed by atoms with E-state index in [9.17, 15) is 5.11 Å². The molecule has 0 saturated heterocycles. The molecule has 35 heavy (non-hydrogen) atoms. The molecule has 2 N–H and O–H groups in total. The Morgan fingerprint density at radius 3 is 2.43 bits per heavy atom. The van der Waals surface area contributed by atoms with Gasteiger partial charge in [-0.3, -0.25) is 4.98 Å². The summed E-state index contributed by atoms with van der Waals surface area (Å²) in [6, 6.07) is 13.8. The molecule has 8 nitrogen and oxygen atoms in total. The molecular weight excluding hydrogens is 444 g/mol. The standard InChI is InChI=1S/C27H30N4O4/c1-17-10-25(26(16-28-17)35-22-6-4-21(32)5-7-22)18-8-9-31-20(11-18)14-27(30-31)29-19-12-23(33-2)15-24(13-19)34-3/h8-16,21-22,32H,4-7H2,1-3H3,(H,29,30). The van der Waals surface area contributed by atoms with Crippen LogP contribution in [0.4, 0.5) is 11.5 Å². The third-order valence-corrected chi connectivity index (χ3v) is 6.34. The number of nitrogens with zero attached hydrogens (tertiary/aromatic N) is 3. The van der Waals surface area contributed by atoms with Crippen LogP contribution in [0.5, 0.6) is 17.2 Å². The first-order valence-corrected chi connectivity index (χ1v) is 11.8. The Hall–Kier alpha value is -3.78. The van der Waals surface area contributed by atoms with Crippen molar-refractivity contribution in [2.24, 2.45) is 0 Å². The Morgan fingerprint density at radius 2 is 1.71 bits per heavy atom. The van der Waals surface area contributed by atoms with E-state index < -0.39 is 0 Å². The Kier molecular flexibility index (Phi) is 6.46. The predicted octanol–water partition coefficient (Wildman–Crippen LogP) is 5.15. The molecule has 0 aliphatic heterocycles. The molecule has 1 aliphatic carbocycles. The molecule has 1 fully saturated rings. The van der Waals surface area contributed by atoms with E-state index in [4.69, 9.17) is 14.2 Å². The zero-order valence-electron chi connectivity index (χ0n) is 20.2. The number of ether oxygens (including phenoxy) is 3. The Morgan fingerprint density at radius 1 is 0.971 bits per heavy atom. The molecule has 5 rings (SSSR count). The molecule has 0 unspecified atom stereocenters. The van der Waals surface area contributed by atoms with Gasteiger partial charge in [-0.15, -0.1) is 0 Å². The van der Waals surface area contributed by atoms with Crippen molar-refractivity contribution in [1.82, 2.24) is 14.6 Å². The highest BCUT2D eigenvalue weighted by molar-refractivity contribution is 5.75. The minimum Gasteiger partial charge on any atom is -0.497 e. The van der Waals surface area contributed by atoms with Gasteiger partial charge >= 0.3 is 0 Å². The van der Waals surface area contributed by atoms with Crippen LogP contribution in [0.1, 0.15) is 31.4 Å². The Balaban J connectivity index is 1.42. The highest BCUT2D eigenvalue weighted by Crippen LogP contribution is 2.34. The van der Waals surface area contributed by atoms with Crippen LogP contribution in [-0.2, 0) is 0 Å². The topological polar surface area (TPSA) is 90.1 Å². The van der Waals surface area contributed by atoms with Crippen molar-refractivity contribution in [3.63, 3.8) is 0 Å². The average Bonchev–Trinajstić information content (AvgIpc) is 3.27. The summed E-state index contributed by atoms with van der Waals surface area (Å²) >= 11 is 0. The van der Waals surface area contributed by atoms with Gasteiger partial charge in [-0.25, -0.2) is 4.52 Å². The van der Waals surface area contributed by atoms with Gasteiger partial charge in [0.2, 0.25) is 0 Å². The van der Waals surface area contributed by atoms with E-state index in [2.05, 4.69) is 27.5 Å². The SMILES string of the molecule is COc1cc(Nc2cc3cc(-c4cc(C)ncc4OC4CCC(O)CC4)ccn3n2)cc(OC)c1. The smallest absolute Gasteiger partial charge is 0.153 e. The maximum Gasteiger partial charge on any atom is 0.153 e. The third-order valence-electron chi connectivity index (χ3n) is 6.34. The molecule has 0 spiro atoms. The van der Waals surface area contributed by atoms with Gasteiger partial charge in [0.05, 0.1) is 38.1 Å². The van der Waals surface area contributed by atoms with Gasteiger partial charge < -0.3 is 24.6 Å². The fourth-order valence-electron chi connectivity index (χ4n) is 4.46. The molecule has 1 aromatic carbocycles. The summed E-state index contributed by atoms with van der Waals surface area (Å²) in [7, 11) is 3.25. The zero-order valence-corrected chi connectivity index (χ0v) is 20.2. The monoisotopic (exact) mass is 474 g/mol. The predicted molar refractivity (Wildman–Crippen MR) is 135 cm³/mol. The van der Waals surface area contributed by atoms with Gasteiger partial charge in [-0.2, -0.15) is 5.10 Å². The third kappa shape index (κ3) is 5.17. The number of aromatic nitrogens is 3. The first kappa shape index (κ1) is 23.0. The van der Waals surface area contributed by atoms with Crippen molar-refractivity contribution in [3.05, 3.63) is 60.6 Å². The Labute approximate surface area is 204 Å². The molecule has 182 valence electrons. The van der Waals surface area contributed by atoms with Gasteiger partial charge in [0.15, 0.2) is 5.82 Å². The number of benzene rings is 1. The second-order valence-electron chi connectivity index (χ2n) is 8.91. The number of fused-ring (bicyclic) bond motifs is 1. The van der Waals surface area contributed by atoms with Crippen molar-refractivity contribution >= 4 is 17.0 Å². The molecule has 8 heteroatoms. The first-order chi connectivity index (χ1) is 17.0. The number of pyridine rings is 2.